The lowest BCUT2D eigenvalue weighted by Crippen LogP contribution is -2.39. The lowest BCUT2D eigenvalue weighted by atomic mass is 10.2. The van der Waals surface area contributed by atoms with Gasteiger partial charge in [0.05, 0.1) is 10.6 Å². The van der Waals surface area contributed by atoms with Gasteiger partial charge in [-0.2, -0.15) is 0 Å². The van der Waals surface area contributed by atoms with Crippen LogP contribution in [0, 0.1) is 0 Å². The van der Waals surface area contributed by atoms with Crippen LogP contribution in [0.25, 0.3) is 0 Å². The van der Waals surface area contributed by atoms with Gasteiger partial charge in [-0.15, -0.1) is 0 Å². The van der Waals surface area contributed by atoms with Crippen molar-refractivity contribution in [3.05, 3.63) is 28.7 Å². The smallest absolute Gasteiger partial charge is 0.320 e. The molecule has 1 aromatic rings. The average molecular weight is 364 g/mol. The van der Waals surface area contributed by atoms with E-state index >= 15 is 0 Å². The average Bonchev–Trinajstić information content (AvgIpc) is 2.38. The van der Waals surface area contributed by atoms with Crippen molar-refractivity contribution in [2.24, 2.45) is 0 Å². The van der Waals surface area contributed by atoms with Crippen LogP contribution >= 0.6 is 15.9 Å². The van der Waals surface area contributed by atoms with E-state index in [0.29, 0.717) is 6.42 Å². The number of hydrogen-bond donors (Lipinski definition) is 2. The molecular formula is C13H18BrNO4S. The van der Waals surface area contributed by atoms with Gasteiger partial charge in [-0.05, 0) is 30.7 Å². The minimum atomic E-state index is -3.39. The number of halogens is 1. The predicted octanol–water partition coefficient (Wildman–Crippen LogP) is 2.07. The first-order chi connectivity index (χ1) is 9.36. The Morgan fingerprint density at radius 3 is 2.45 bits per heavy atom. The van der Waals surface area contributed by atoms with Crippen LogP contribution in [0.5, 0.6) is 0 Å². The lowest BCUT2D eigenvalue weighted by molar-refractivity contribution is -0.139. The molecule has 0 saturated carbocycles. The SMILES string of the molecule is CCCC(NCCS(=O)(=O)c1ccc(Br)cc1)C(=O)O. The summed E-state index contributed by atoms with van der Waals surface area (Å²) in [4.78, 5) is 11.2. The normalized spacial score (nSPS) is 13.1. The molecule has 2 N–H and O–H groups in total. The summed E-state index contributed by atoms with van der Waals surface area (Å²) in [5, 5.41) is 11.7. The summed E-state index contributed by atoms with van der Waals surface area (Å²) in [6.45, 7) is 2.01. The van der Waals surface area contributed by atoms with Crippen molar-refractivity contribution < 1.29 is 18.3 Å². The Morgan fingerprint density at radius 2 is 1.95 bits per heavy atom. The summed E-state index contributed by atoms with van der Waals surface area (Å²) in [5.41, 5.74) is 0. The van der Waals surface area contributed by atoms with E-state index in [4.69, 9.17) is 5.11 Å². The second-order valence-electron chi connectivity index (χ2n) is 4.41. The Balaban J connectivity index is 2.59. The topological polar surface area (TPSA) is 83.5 Å². The zero-order valence-electron chi connectivity index (χ0n) is 11.2. The van der Waals surface area contributed by atoms with Crippen molar-refractivity contribution >= 4 is 31.7 Å². The van der Waals surface area contributed by atoms with Crippen molar-refractivity contribution in [3.8, 4) is 0 Å². The molecule has 1 unspecified atom stereocenters. The minimum absolute atomic E-state index is 0.120. The molecule has 0 radical (unpaired) electrons. The second kappa shape index (κ2) is 7.75. The molecule has 112 valence electrons. The molecular weight excluding hydrogens is 346 g/mol. The van der Waals surface area contributed by atoms with Gasteiger partial charge in [-0.3, -0.25) is 4.79 Å². The maximum atomic E-state index is 12.0. The number of carbonyl (C=O) groups is 1. The van der Waals surface area contributed by atoms with Gasteiger partial charge in [0.25, 0.3) is 0 Å². The summed E-state index contributed by atoms with van der Waals surface area (Å²) in [6, 6.07) is 5.69. The van der Waals surface area contributed by atoms with Gasteiger partial charge in [0, 0.05) is 11.0 Å². The fourth-order valence-electron chi connectivity index (χ4n) is 1.73. The summed E-state index contributed by atoms with van der Waals surface area (Å²) in [5.74, 6) is -1.07. The molecule has 0 aliphatic carbocycles. The molecule has 1 aromatic carbocycles. The van der Waals surface area contributed by atoms with Gasteiger partial charge in [0.2, 0.25) is 0 Å². The van der Waals surface area contributed by atoms with Gasteiger partial charge in [-0.25, -0.2) is 8.42 Å². The quantitative estimate of drug-likeness (QED) is 0.738. The molecule has 1 atom stereocenters. The molecule has 0 aromatic heterocycles. The summed E-state index contributed by atoms with van der Waals surface area (Å²) in [7, 11) is -3.39. The molecule has 0 bridgehead atoms. The zero-order valence-corrected chi connectivity index (χ0v) is 13.6. The van der Waals surface area contributed by atoms with Gasteiger partial charge in [-0.1, -0.05) is 29.3 Å². The van der Waals surface area contributed by atoms with Gasteiger partial charge >= 0.3 is 5.97 Å². The maximum Gasteiger partial charge on any atom is 0.320 e. The summed E-state index contributed by atoms with van der Waals surface area (Å²) >= 11 is 3.24. The van der Waals surface area contributed by atoms with Crippen LogP contribution in [-0.2, 0) is 14.6 Å². The molecule has 0 aliphatic heterocycles. The highest BCUT2D eigenvalue weighted by molar-refractivity contribution is 9.10. The molecule has 7 heteroatoms. The number of hydrogen-bond acceptors (Lipinski definition) is 4. The minimum Gasteiger partial charge on any atom is -0.480 e. The highest BCUT2D eigenvalue weighted by Gasteiger charge is 2.18. The van der Waals surface area contributed by atoms with Crippen molar-refractivity contribution in [3.63, 3.8) is 0 Å². The highest BCUT2D eigenvalue weighted by Crippen LogP contribution is 2.15. The van der Waals surface area contributed by atoms with Crippen LogP contribution in [-0.4, -0.2) is 37.8 Å². The Hall–Kier alpha value is -0.920. The first-order valence-corrected chi connectivity index (χ1v) is 8.76. The number of aliphatic carboxylic acids is 1. The van der Waals surface area contributed by atoms with Crippen molar-refractivity contribution in [2.75, 3.05) is 12.3 Å². The fourth-order valence-corrected chi connectivity index (χ4v) is 3.17. The largest absolute Gasteiger partial charge is 0.480 e. The van der Waals surface area contributed by atoms with Crippen LogP contribution in [0.1, 0.15) is 19.8 Å². The summed E-state index contributed by atoms with van der Waals surface area (Å²) in [6.07, 6.45) is 1.21. The third-order valence-electron chi connectivity index (χ3n) is 2.81. The van der Waals surface area contributed by atoms with E-state index in [2.05, 4.69) is 21.2 Å². The van der Waals surface area contributed by atoms with E-state index in [-0.39, 0.29) is 17.2 Å². The molecule has 0 aliphatic rings. The third-order valence-corrected chi connectivity index (χ3v) is 5.07. The van der Waals surface area contributed by atoms with E-state index < -0.39 is 21.8 Å². The monoisotopic (exact) mass is 363 g/mol. The number of rotatable bonds is 8. The van der Waals surface area contributed by atoms with Crippen LogP contribution < -0.4 is 5.32 Å². The number of carboxylic acids is 1. The van der Waals surface area contributed by atoms with Crippen LogP contribution in [0.3, 0.4) is 0 Å². The van der Waals surface area contributed by atoms with E-state index in [1.54, 1.807) is 12.1 Å². The number of benzene rings is 1. The summed E-state index contributed by atoms with van der Waals surface area (Å²) < 4.78 is 24.9. The van der Waals surface area contributed by atoms with Crippen molar-refractivity contribution in [1.29, 1.82) is 0 Å². The maximum absolute atomic E-state index is 12.0. The van der Waals surface area contributed by atoms with Crippen LogP contribution in [0.15, 0.2) is 33.6 Å². The van der Waals surface area contributed by atoms with E-state index in [9.17, 15) is 13.2 Å². The Labute approximate surface area is 127 Å². The Kier molecular flexibility index (Phi) is 6.64. The van der Waals surface area contributed by atoms with E-state index in [0.717, 1.165) is 10.9 Å². The van der Waals surface area contributed by atoms with E-state index in [1.807, 2.05) is 6.92 Å². The van der Waals surface area contributed by atoms with E-state index in [1.165, 1.54) is 12.1 Å². The standard InChI is InChI=1S/C13H18BrNO4S/c1-2-3-12(13(16)17)15-8-9-20(18,19)11-6-4-10(14)5-7-11/h4-7,12,15H,2-3,8-9H2,1H3,(H,16,17). The molecule has 0 spiro atoms. The molecule has 1 rings (SSSR count). The van der Waals surface area contributed by atoms with Gasteiger partial charge in [0.15, 0.2) is 9.84 Å². The van der Waals surface area contributed by atoms with Crippen LogP contribution in [0.4, 0.5) is 0 Å². The zero-order chi connectivity index (χ0) is 15.2. The fraction of sp³-hybridized carbons (Fsp3) is 0.462. The highest BCUT2D eigenvalue weighted by atomic mass is 79.9. The molecule has 0 heterocycles. The predicted molar refractivity (Wildman–Crippen MR) is 80.5 cm³/mol. The Morgan fingerprint density at radius 1 is 1.35 bits per heavy atom. The van der Waals surface area contributed by atoms with Crippen molar-refractivity contribution in [1.82, 2.24) is 5.32 Å². The molecule has 5 nitrogen and oxygen atoms in total. The van der Waals surface area contributed by atoms with Gasteiger partial charge in [0.1, 0.15) is 6.04 Å². The number of nitrogens with one attached hydrogen (secondary N) is 1. The van der Waals surface area contributed by atoms with Gasteiger partial charge < -0.3 is 10.4 Å². The first-order valence-electron chi connectivity index (χ1n) is 6.31. The molecule has 20 heavy (non-hydrogen) atoms. The lowest BCUT2D eigenvalue weighted by Gasteiger charge is -2.13. The molecule has 0 saturated heterocycles. The molecule has 0 amide bonds. The number of carboxylic acid groups (broad SMARTS) is 1. The van der Waals surface area contributed by atoms with Crippen LogP contribution in [0.2, 0.25) is 0 Å². The number of sulfone groups is 1. The second-order valence-corrected chi connectivity index (χ2v) is 7.43. The van der Waals surface area contributed by atoms with Crippen molar-refractivity contribution in [2.45, 2.75) is 30.7 Å². The third kappa shape index (κ3) is 5.22. The first kappa shape index (κ1) is 17.1. The Bertz CT molecular complexity index is 542. The molecule has 0 fully saturated rings.